The monoisotopic (exact) mass is 317 g/mol. The zero-order chi connectivity index (χ0) is 11.1. The smallest absolute Gasteiger partial charge is 0.0342 e. The van der Waals surface area contributed by atoms with E-state index in [1.165, 1.54) is 34.9 Å². The Morgan fingerprint density at radius 3 is 2.47 bits per heavy atom. The second kappa shape index (κ2) is 7.09. The summed E-state index contributed by atoms with van der Waals surface area (Å²) < 4.78 is 1.29. The van der Waals surface area contributed by atoms with Gasteiger partial charge in [-0.3, -0.25) is 0 Å². The Labute approximate surface area is 107 Å². The van der Waals surface area contributed by atoms with Crippen molar-refractivity contribution >= 4 is 28.3 Å². The van der Waals surface area contributed by atoms with E-state index in [1.54, 1.807) is 0 Å². The Kier molecular flexibility index (Phi) is 6.06. The lowest BCUT2D eigenvalue weighted by Gasteiger charge is -2.14. The maximum Gasteiger partial charge on any atom is 0.0342 e. The van der Waals surface area contributed by atoms with Crippen molar-refractivity contribution in [2.24, 2.45) is 0 Å². The van der Waals surface area contributed by atoms with Gasteiger partial charge in [-0.2, -0.15) is 0 Å². The summed E-state index contributed by atoms with van der Waals surface area (Å²) in [5.74, 6) is 0. The van der Waals surface area contributed by atoms with Crippen LogP contribution in [0.4, 0.5) is 5.69 Å². The third kappa shape index (κ3) is 5.40. The molecule has 1 rings (SSSR count). The van der Waals surface area contributed by atoms with Crippen molar-refractivity contribution < 1.29 is 0 Å². The average Bonchev–Trinajstić information content (AvgIpc) is 2.22. The minimum atomic E-state index is 0.580. The van der Waals surface area contributed by atoms with Crippen LogP contribution in [0.2, 0.25) is 0 Å². The zero-order valence-corrected chi connectivity index (χ0v) is 11.8. The standard InChI is InChI=1S/C13H20IN/c1-3-4-5-6-11(2)15-13-9-7-12(14)8-10-13/h7-11,15H,3-6H2,1-2H3. The van der Waals surface area contributed by atoms with Crippen LogP contribution >= 0.6 is 22.6 Å². The largest absolute Gasteiger partial charge is 0.383 e. The SMILES string of the molecule is CCCCCC(C)Nc1ccc(I)cc1. The first-order valence-electron chi connectivity index (χ1n) is 5.74. The Bertz CT molecular complexity index is 268. The van der Waals surface area contributed by atoms with E-state index < -0.39 is 0 Å². The molecule has 0 heterocycles. The number of halogens is 1. The summed E-state index contributed by atoms with van der Waals surface area (Å²) >= 11 is 2.33. The van der Waals surface area contributed by atoms with E-state index in [2.05, 4.69) is 66.0 Å². The highest BCUT2D eigenvalue weighted by molar-refractivity contribution is 14.1. The van der Waals surface area contributed by atoms with Gasteiger partial charge in [0, 0.05) is 15.3 Å². The molecule has 1 atom stereocenters. The van der Waals surface area contributed by atoms with Crippen molar-refractivity contribution in [1.82, 2.24) is 0 Å². The van der Waals surface area contributed by atoms with Gasteiger partial charge in [0.1, 0.15) is 0 Å². The minimum absolute atomic E-state index is 0.580. The Morgan fingerprint density at radius 2 is 1.87 bits per heavy atom. The van der Waals surface area contributed by atoms with Crippen LogP contribution in [0.15, 0.2) is 24.3 Å². The van der Waals surface area contributed by atoms with Crippen LogP contribution < -0.4 is 5.32 Å². The van der Waals surface area contributed by atoms with E-state index >= 15 is 0 Å². The number of hydrogen-bond donors (Lipinski definition) is 1. The first-order chi connectivity index (χ1) is 7.22. The number of rotatable bonds is 6. The molecule has 0 spiro atoms. The van der Waals surface area contributed by atoms with Crippen molar-refractivity contribution in [3.63, 3.8) is 0 Å². The molecule has 0 amide bonds. The van der Waals surface area contributed by atoms with E-state index in [-0.39, 0.29) is 0 Å². The van der Waals surface area contributed by atoms with Crippen LogP contribution in [0.3, 0.4) is 0 Å². The molecule has 0 radical (unpaired) electrons. The molecular weight excluding hydrogens is 297 g/mol. The summed E-state index contributed by atoms with van der Waals surface area (Å²) in [5.41, 5.74) is 1.24. The molecule has 0 aliphatic rings. The first kappa shape index (κ1) is 12.8. The minimum Gasteiger partial charge on any atom is -0.383 e. The number of unbranched alkanes of at least 4 members (excludes halogenated alkanes) is 2. The maximum absolute atomic E-state index is 3.52. The summed E-state index contributed by atoms with van der Waals surface area (Å²) in [6, 6.07) is 9.16. The zero-order valence-electron chi connectivity index (χ0n) is 9.59. The third-order valence-corrected chi connectivity index (χ3v) is 3.22. The van der Waals surface area contributed by atoms with Crippen LogP contribution in [-0.2, 0) is 0 Å². The van der Waals surface area contributed by atoms with E-state index in [4.69, 9.17) is 0 Å². The van der Waals surface area contributed by atoms with Gasteiger partial charge in [-0.15, -0.1) is 0 Å². The lowest BCUT2D eigenvalue weighted by molar-refractivity contribution is 0.615. The fourth-order valence-corrected chi connectivity index (χ4v) is 1.96. The van der Waals surface area contributed by atoms with Gasteiger partial charge in [0.15, 0.2) is 0 Å². The maximum atomic E-state index is 3.52. The number of anilines is 1. The quantitative estimate of drug-likeness (QED) is 0.594. The Hall–Kier alpha value is -0.250. The van der Waals surface area contributed by atoms with E-state index in [1.807, 2.05) is 0 Å². The van der Waals surface area contributed by atoms with Gasteiger partial charge < -0.3 is 5.32 Å². The van der Waals surface area contributed by atoms with Crippen molar-refractivity contribution in [1.29, 1.82) is 0 Å². The van der Waals surface area contributed by atoms with Crippen molar-refractivity contribution in [2.75, 3.05) is 5.32 Å². The molecule has 0 aromatic heterocycles. The van der Waals surface area contributed by atoms with Gasteiger partial charge in [-0.1, -0.05) is 26.2 Å². The predicted octanol–water partition coefficient (Wildman–Crippen LogP) is 4.67. The van der Waals surface area contributed by atoms with Gasteiger partial charge >= 0.3 is 0 Å². The average molecular weight is 317 g/mol. The van der Waals surface area contributed by atoms with Crippen LogP contribution in [0.25, 0.3) is 0 Å². The fraction of sp³-hybridized carbons (Fsp3) is 0.538. The van der Waals surface area contributed by atoms with Gasteiger partial charge in [0.25, 0.3) is 0 Å². The normalized spacial score (nSPS) is 12.5. The van der Waals surface area contributed by atoms with E-state index in [0.717, 1.165) is 0 Å². The van der Waals surface area contributed by atoms with Crippen molar-refractivity contribution in [3.05, 3.63) is 27.8 Å². The molecule has 2 heteroatoms. The number of nitrogens with one attached hydrogen (secondary N) is 1. The lowest BCUT2D eigenvalue weighted by atomic mass is 10.1. The van der Waals surface area contributed by atoms with Crippen LogP contribution in [0.5, 0.6) is 0 Å². The Balaban J connectivity index is 2.31. The number of benzene rings is 1. The van der Waals surface area contributed by atoms with Crippen molar-refractivity contribution in [2.45, 2.75) is 45.6 Å². The fourth-order valence-electron chi connectivity index (χ4n) is 1.60. The second-order valence-corrected chi connectivity index (χ2v) is 5.29. The predicted molar refractivity (Wildman–Crippen MR) is 76.4 cm³/mol. The molecular formula is C13H20IN. The molecule has 1 aromatic rings. The molecule has 15 heavy (non-hydrogen) atoms. The summed E-state index contributed by atoms with van der Waals surface area (Å²) in [4.78, 5) is 0. The van der Waals surface area contributed by atoms with Crippen molar-refractivity contribution in [3.8, 4) is 0 Å². The van der Waals surface area contributed by atoms with E-state index in [0.29, 0.717) is 6.04 Å². The molecule has 1 unspecified atom stereocenters. The third-order valence-electron chi connectivity index (χ3n) is 2.50. The van der Waals surface area contributed by atoms with Crippen LogP contribution in [-0.4, -0.2) is 6.04 Å². The van der Waals surface area contributed by atoms with Gasteiger partial charge in [-0.25, -0.2) is 0 Å². The topological polar surface area (TPSA) is 12.0 Å². The van der Waals surface area contributed by atoms with Gasteiger partial charge in [0.2, 0.25) is 0 Å². The second-order valence-electron chi connectivity index (χ2n) is 4.05. The molecule has 0 aliphatic heterocycles. The molecule has 0 fully saturated rings. The lowest BCUT2D eigenvalue weighted by Crippen LogP contribution is -2.14. The molecule has 1 nitrogen and oxygen atoms in total. The van der Waals surface area contributed by atoms with E-state index in [9.17, 15) is 0 Å². The molecule has 1 aromatic carbocycles. The van der Waals surface area contributed by atoms with Gasteiger partial charge in [-0.05, 0) is 60.2 Å². The highest BCUT2D eigenvalue weighted by atomic mass is 127. The highest BCUT2D eigenvalue weighted by Crippen LogP contribution is 2.14. The molecule has 0 bridgehead atoms. The summed E-state index contributed by atoms with van der Waals surface area (Å²) in [6.45, 7) is 4.50. The highest BCUT2D eigenvalue weighted by Gasteiger charge is 2.00. The van der Waals surface area contributed by atoms with Crippen LogP contribution in [0.1, 0.15) is 39.5 Å². The Morgan fingerprint density at radius 1 is 1.20 bits per heavy atom. The van der Waals surface area contributed by atoms with Crippen LogP contribution in [0, 0.1) is 3.57 Å². The summed E-state index contributed by atoms with van der Waals surface area (Å²) in [5, 5.41) is 3.52. The number of hydrogen-bond acceptors (Lipinski definition) is 1. The van der Waals surface area contributed by atoms with Gasteiger partial charge in [0.05, 0.1) is 0 Å². The summed E-state index contributed by atoms with van der Waals surface area (Å²) in [6.07, 6.45) is 5.24. The molecule has 0 saturated heterocycles. The molecule has 84 valence electrons. The molecule has 0 saturated carbocycles. The molecule has 0 aliphatic carbocycles. The molecule has 1 N–H and O–H groups in total. The first-order valence-corrected chi connectivity index (χ1v) is 6.82. The summed E-state index contributed by atoms with van der Waals surface area (Å²) in [7, 11) is 0.